The number of rotatable bonds is 5. The van der Waals surface area contributed by atoms with Crippen molar-refractivity contribution in [2.45, 2.75) is 51.7 Å². The van der Waals surface area contributed by atoms with Crippen LogP contribution in [0.3, 0.4) is 0 Å². The van der Waals surface area contributed by atoms with Gasteiger partial charge in [0, 0.05) is 30.8 Å². The second kappa shape index (κ2) is 8.97. The van der Waals surface area contributed by atoms with E-state index in [4.69, 9.17) is 14.2 Å². The molecule has 1 saturated heterocycles. The zero-order chi connectivity index (χ0) is 20.0. The molecule has 1 fully saturated rings. The highest BCUT2D eigenvalue weighted by molar-refractivity contribution is 5.79. The third-order valence-electron chi connectivity index (χ3n) is 4.36. The normalized spacial score (nSPS) is 15.2. The number of hydrogen-bond acceptors (Lipinski definition) is 5. The number of benzene rings is 1. The Balaban J connectivity index is 1.83. The van der Waals surface area contributed by atoms with Gasteiger partial charge in [0.05, 0.1) is 20.6 Å². The minimum Gasteiger partial charge on any atom is -0.497 e. The molecular formula is C20H30N2O5. The maximum absolute atomic E-state index is 12.4. The Bertz CT molecular complexity index is 661. The summed E-state index contributed by atoms with van der Waals surface area (Å²) in [5.74, 6) is 1.25. The molecule has 0 radical (unpaired) electrons. The van der Waals surface area contributed by atoms with E-state index in [1.54, 1.807) is 25.2 Å². The zero-order valence-corrected chi connectivity index (χ0v) is 16.8. The van der Waals surface area contributed by atoms with Gasteiger partial charge in [0.25, 0.3) is 0 Å². The average Bonchev–Trinajstić information content (AvgIpc) is 2.61. The number of likely N-dealkylation sites (tertiary alicyclic amines) is 1. The third kappa shape index (κ3) is 6.34. The van der Waals surface area contributed by atoms with E-state index in [0.717, 1.165) is 5.56 Å². The molecule has 7 nitrogen and oxygen atoms in total. The minimum absolute atomic E-state index is 0.0560. The van der Waals surface area contributed by atoms with Crippen LogP contribution in [0.2, 0.25) is 0 Å². The summed E-state index contributed by atoms with van der Waals surface area (Å²) in [5.41, 5.74) is 0.307. The van der Waals surface area contributed by atoms with Crippen LogP contribution >= 0.6 is 0 Å². The number of amides is 2. The van der Waals surface area contributed by atoms with Crippen LogP contribution in [-0.2, 0) is 16.0 Å². The molecule has 0 spiro atoms. The van der Waals surface area contributed by atoms with Gasteiger partial charge in [-0.2, -0.15) is 0 Å². The fourth-order valence-electron chi connectivity index (χ4n) is 2.98. The van der Waals surface area contributed by atoms with Gasteiger partial charge in [-0.05, 0) is 39.7 Å². The van der Waals surface area contributed by atoms with Crippen LogP contribution in [0.4, 0.5) is 4.79 Å². The summed E-state index contributed by atoms with van der Waals surface area (Å²) in [5, 5.41) is 3.05. The van der Waals surface area contributed by atoms with Crippen LogP contribution in [-0.4, -0.2) is 55.9 Å². The number of hydrogen-bond donors (Lipinski definition) is 1. The first-order valence-electron chi connectivity index (χ1n) is 9.20. The van der Waals surface area contributed by atoms with E-state index in [1.165, 1.54) is 0 Å². The lowest BCUT2D eigenvalue weighted by Gasteiger charge is -2.33. The minimum atomic E-state index is -0.500. The van der Waals surface area contributed by atoms with Gasteiger partial charge in [-0.1, -0.05) is 6.07 Å². The quantitative estimate of drug-likeness (QED) is 0.853. The maximum Gasteiger partial charge on any atom is 0.410 e. The van der Waals surface area contributed by atoms with Gasteiger partial charge in [-0.25, -0.2) is 4.79 Å². The predicted molar refractivity (Wildman–Crippen MR) is 102 cm³/mol. The molecule has 27 heavy (non-hydrogen) atoms. The molecule has 2 amide bonds. The SMILES string of the molecule is COc1ccc(CC(=O)NC2CCN(C(=O)OC(C)(C)C)CC2)c(OC)c1. The molecule has 1 aliphatic heterocycles. The molecule has 1 heterocycles. The van der Waals surface area contributed by atoms with Crippen molar-refractivity contribution < 1.29 is 23.8 Å². The lowest BCUT2D eigenvalue weighted by molar-refractivity contribution is -0.121. The van der Waals surface area contributed by atoms with Gasteiger partial charge >= 0.3 is 6.09 Å². The van der Waals surface area contributed by atoms with E-state index < -0.39 is 5.60 Å². The highest BCUT2D eigenvalue weighted by atomic mass is 16.6. The van der Waals surface area contributed by atoms with Gasteiger partial charge in [-0.15, -0.1) is 0 Å². The van der Waals surface area contributed by atoms with E-state index in [0.29, 0.717) is 37.4 Å². The number of ether oxygens (including phenoxy) is 3. The van der Waals surface area contributed by atoms with Crippen molar-refractivity contribution in [3.8, 4) is 11.5 Å². The molecule has 0 aromatic heterocycles. The zero-order valence-electron chi connectivity index (χ0n) is 16.8. The second-order valence-electron chi connectivity index (χ2n) is 7.66. The Morgan fingerprint density at radius 2 is 1.81 bits per heavy atom. The summed E-state index contributed by atoms with van der Waals surface area (Å²) in [6, 6.07) is 5.47. The highest BCUT2D eigenvalue weighted by Crippen LogP contribution is 2.25. The van der Waals surface area contributed by atoms with Crippen molar-refractivity contribution in [1.82, 2.24) is 10.2 Å². The Hall–Kier alpha value is -2.44. The number of methoxy groups -OCH3 is 2. The van der Waals surface area contributed by atoms with Crippen LogP contribution in [0, 0.1) is 0 Å². The number of nitrogens with one attached hydrogen (secondary N) is 1. The van der Waals surface area contributed by atoms with E-state index in [-0.39, 0.29) is 24.5 Å². The summed E-state index contributed by atoms with van der Waals surface area (Å²) in [6.45, 7) is 6.71. The van der Waals surface area contributed by atoms with Crippen molar-refractivity contribution in [1.29, 1.82) is 0 Å². The molecule has 1 aromatic carbocycles. The summed E-state index contributed by atoms with van der Waals surface area (Å²) in [7, 11) is 3.16. The summed E-state index contributed by atoms with van der Waals surface area (Å²) >= 11 is 0. The molecule has 2 rings (SSSR count). The van der Waals surface area contributed by atoms with Gasteiger partial charge in [0.2, 0.25) is 5.91 Å². The lowest BCUT2D eigenvalue weighted by Crippen LogP contribution is -2.48. The fourth-order valence-corrected chi connectivity index (χ4v) is 2.98. The Labute approximate surface area is 161 Å². The maximum atomic E-state index is 12.4. The number of piperidine rings is 1. The Kier molecular flexibility index (Phi) is 6.93. The molecule has 0 unspecified atom stereocenters. The first-order valence-corrected chi connectivity index (χ1v) is 9.20. The molecule has 150 valence electrons. The Morgan fingerprint density at radius 1 is 1.15 bits per heavy atom. The lowest BCUT2D eigenvalue weighted by atomic mass is 10.0. The van der Waals surface area contributed by atoms with Crippen LogP contribution in [0.15, 0.2) is 18.2 Å². The van der Waals surface area contributed by atoms with Gasteiger partial charge in [0.1, 0.15) is 17.1 Å². The summed E-state index contributed by atoms with van der Waals surface area (Å²) in [4.78, 5) is 26.2. The first-order chi connectivity index (χ1) is 12.7. The summed E-state index contributed by atoms with van der Waals surface area (Å²) in [6.07, 6.45) is 1.37. The van der Waals surface area contributed by atoms with Crippen molar-refractivity contribution in [3.05, 3.63) is 23.8 Å². The number of carbonyl (C=O) groups is 2. The van der Waals surface area contributed by atoms with E-state index in [2.05, 4.69) is 5.32 Å². The van der Waals surface area contributed by atoms with Crippen LogP contribution < -0.4 is 14.8 Å². The molecular weight excluding hydrogens is 348 g/mol. The van der Waals surface area contributed by atoms with Crippen LogP contribution in [0.1, 0.15) is 39.2 Å². The Morgan fingerprint density at radius 3 is 2.37 bits per heavy atom. The van der Waals surface area contributed by atoms with E-state index in [1.807, 2.05) is 32.9 Å². The van der Waals surface area contributed by atoms with Gasteiger partial charge < -0.3 is 24.4 Å². The highest BCUT2D eigenvalue weighted by Gasteiger charge is 2.27. The molecule has 0 bridgehead atoms. The molecule has 1 N–H and O–H groups in total. The third-order valence-corrected chi connectivity index (χ3v) is 4.36. The molecule has 0 saturated carbocycles. The van der Waals surface area contributed by atoms with Crippen molar-refractivity contribution >= 4 is 12.0 Å². The second-order valence-corrected chi connectivity index (χ2v) is 7.66. The number of nitrogens with zero attached hydrogens (tertiary/aromatic N) is 1. The summed E-state index contributed by atoms with van der Waals surface area (Å²) < 4.78 is 15.9. The largest absolute Gasteiger partial charge is 0.497 e. The van der Waals surface area contributed by atoms with E-state index in [9.17, 15) is 9.59 Å². The van der Waals surface area contributed by atoms with Crippen LogP contribution in [0.5, 0.6) is 11.5 Å². The van der Waals surface area contributed by atoms with Crippen molar-refractivity contribution in [3.63, 3.8) is 0 Å². The van der Waals surface area contributed by atoms with Crippen molar-refractivity contribution in [2.75, 3.05) is 27.3 Å². The monoisotopic (exact) mass is 378 g/mol. The average molecular weight is 378 g/mol. The van der Waals surface area contributed by atoms with Gasteiger partial charge in [0.15, 0.2) is 0 Å². The molecule has 0 aliphatic carbocycles. The van der Waals surface area contributed by atoms with Gasteiger partial charge in [-0.3, -0.25) is 4.79 Å². The smallest absolute Gasteiger partial charge is 0.410 e. The topological polar surface area (TPSA) is 77.1 Å². The molecule has 1 aromatic rings. The fraction of sp³-hybridized carbons (Fsp3) is 0.600. The number of carbonyl (C=O) groups excluding carboxylic acids is 2. The predicted octanol–water partition coefficient (Wildman–Crippen LogP) is 2.76. The molecule has 0 atom stereocenters. The molecule has 1 aliphatic rings. The first kappa shape index (κ1) is 20.9. The standard InChI is InChI=1S/C20H30N2O5/c1-20(2,3)27-19(24)22-10-8-15(9-11-22)21-18(23)12-14-6-7-16(25-4)13-17(14)26-5/h6-7,13,15H,8-12H2,1-5H3,(H,21,23). The van der Waals surface area contributed by atoms with Crippen LogP contribution in [0.25, 0.3) is 0 Å². The molecule has 7 heteroatoms. The van der Waals surface area contributed by atoms with Crippen molar-refractivity contribution in [2.24, 2.45) is 0 Å². The van der Waals surface area contributed by atoms with E-state index >= 15 is 0 Å².